The number of furan rings is 1. The quantitative estimate of drug-likeness (QED) is 0.204. The maximum absolute atomic E-state index is 14.1. The molecule has 4 heterocycles. The molecule has 0 amide bonds. The standard InChI is InChI=1S/C33H22Cl2N2O6S/c1-2-40-32(39)28-29(18-6-4-3-5-7-18)36-33-37(30(28)19-8-12-25-26(14-19)42-17-41-25)31(38)27(44-33)16-21-10-13-24(43-21)22-11-9-20(34)15-23(22)35/h3-16,30H,2,17H2,1H3/b27-16+/t30-/m1/s1. The van der Waals surface area contributed by atoms with Crippen molar-refractivity contribution in [2.75, 3.05) is 13.4 Å². The lowest BCUT2D eigenvalue weighted by molar-refractivity contribution is -0.138. The number of hydrogen-bond acceptors (Lipinski definition) is 8. The second kappa shape index (κ2) is 11.5. The fourth-order valence-electron chi connectivity index (χ4n) is 5.23. The Balaban J connectivity index is 1.43. The maximum atomic E-state index is 14.1. The average Bonchev–Trinajstić information content (AvgIpc) is 3.76. The van der Waals surface area contributed by atoms with E-state index in [4.69, 9.17) is 46.8 Å². The van der Waals surface area contributed by atoms with Crippen LogP contribution in [0, 0.1) is 0 Å². The molecule has 7 rings (SSSR count). The van der Waals surface area contributed by atoms with Gasteiger partial charge in [-0.3, -0.25) is 9.36 Å². The Bertz CT molecular complexity index is 2150. The van der Waals surface area contributed by atoms with Crippen LogP contribution in [-0.2, 0) is 9.53 Å². The van der Waals surface area contributed by atoms with E-state index >= 15 is 0 Å². The summed E-state index contributed by atoms with van der Waals surface area (Å²) in [6.07, 6.45) is 1.66. The number of hydrogen-bond donors (Lipinski definition) is 0. The molecule has 2 aliphatic rings. The molecular formula is C33H22Cl2N2O6S. The van der Waals surface area contributed by atoms with E-state index in [0.717, 1.165) is 5.56 Å². The van der Waals surface area contributed by atoms with E-state index in [-0.39, 0.29) is 24.5 Å². The van der Waals surface area contributed by atoms with Gasteiger partial charge in [0.2, 0.25) is 6.79 Å². The Kier molecular flexibility index (Phi) is 7.37. The molecule has 0 fully saturated rings. The van der Waals surface area contributed by atoms with Gasteiger partial charge >= 0.3 is 5.97 Å². The molecule has 0 unspecified atom stereocenters. The SMILES string of the molecule is CCOC(=O)C1=C(c2ccccc2)N=c2s/c(=C/c3ccc(-c4ccc(Cl)cc4Cl)o3)c(=O)n2[C@@H]1c1ccc2c(c1)OCO2. The number of benzene rings is 3. The number of ether oxygens (including phenoxy) is 3. The summed E-state index contributed by atoms with van der Waals surface area (Å²) in [6.45, 7) is 1.98. The van der Waals surface area contributed by atoms with Gasteiger partial charge in [0, 0.05) is 22.2 Å². The molecule has 0 saturated carbocycles. The molecule has 0 N–H and O–H groups in total. The first-order valence-electron chi connectivity index (χ1n) is 13.6. The highest BCUT2D eigenvalue weighted by molar-refractivity contribution is 7.07. The summed E-state index contributed by atoms with van der Waals surface area (Å²) >= 11 is 13.6. The molecule has 0 aliphatic carbocycles. The van der Waals surface area contributed by atoms with E-state index in [1.54, 1.807) is 55.5 Å². The molecule has 0 bridgehead atoms. The number of rotatable bonds is 6. The predicted octanol–water partition coefficient (Wildman–Crippen LogP) is 6.23. The Morgan fingerprint density at radius 1 is 1.05 bits per heavy atom. The second-order valence-corrected chi connectivity index (χ2v) is 11.7. The van der Waals surface area contributed by atoms with Crippen molar-refractivity contribution < 1.29 is 23.4 Å². The molecule has 0 spiro atoms. The van der Waals surface area contributed by atoms with Gasteiger partial charge in [-0.2, -0.15) is 0 Å². The Morgan fingerprint density at radius 3 is 2.66 bits per heavy atom. The number of thiazole rings is 1. The third kappa shape index (κ3) is 5.02. The molecule has 0 saturated heterocycles. The van der Waals surface area contributed by atoms with Crippen LogP contribution in [0.3, 0.4) is 0 Å². The zero-order valence-electron chi connectivity index (χ0n) is 23.1. The molecule has 3 aromatic carbocycles. The number of nitrogens with zero attached hydrogens (tertiary/aromatic N) is 2. The number of carbonyl (C=O) groups is 1. The monoisotopic (exact) mass is 644 g/mol. The van der Waals surface area contributed by atoms with Gasteiger partial charge in [0.15, 0.2) is 16.3 Å². The van der Waals surface area contributed by atoms with Crippen LogP contribution in [0.4, 0.5) is 0 Å². The molecule has 2 aromatic heterocycles. The van der Waals surface area contributed by atoms with E-state index in [1.165, 1.54) is 15.9 Å². The highest BCUT2D eigenvalue weighted by atomic mass is 35.5. The Hall–Kier alpha value is -4.57. The molecule has 5 aromatic rings. The lowest BCUT2D eigenvalue weighted by Gasteiger charge is -2.26. The van der Waals surface area contributed by atoms with Crippen LogP contribution < -0.4 is 24.4 Å². The van der Waals surface area contributed by atoms with Gasteiger partial charge < -0.3 is 18.6 Å². The van der Waals surface area contributed by atoms with Gasteiger partial charge in [-0.1, -0.05) is 70.9 Å². The normalized spacial score (nSPS) is 15.7. The van der Waals surface area contributed by atoms with Crippen LogP contribution >= 0.6 is 34.5 Å². The molecule has 0 radical (unpaired) electrons. The van der Waals surface area contributed by atoms with Crippen molar-refractivity contribution in [1.29, 1.82) is 0 Å². The molecule has 44 heavy (non-hydrogen) atoms. The van der Waals surface area contributed by atoms with Crippen LogP contribution in [0.5, 0.6) is 11.5 Å². The zero-order chi connectivity index (χ0) is 30.4. The van der Waals surface area contributed by atoms with Crippen LogP contribution in [0.1, 0.15) is 29.9 Å². The van der Waals surface area contributed by atoms with Crippen molar-refractivity contribution in [2.45, 2.75) is 13.0 Å². The molecule has 11 heteroatoms. The fourth-order valence-corrected chi connectivity index (χ4v) is 6.72. The minimum absolute atomic E-state index is 0.0871. The first-order valence-corrected chi connectivity index (χ1v) is 15.2. The summed E-state index contributed by atoms with van der Waals surface area (Å²) in [6, 6.07) is 22.6. The fraction of sp³-hybridized carbons (Fsp3) is 0.121. The smallest absolute Gasteiger partial charge is 0.338 e. The third-order valence-corrected chi connectivity index (χ3v) is 8.71. The second-order valence-electron chi connectivity index (χ2n) is 9.87. The number of esters is 1. The highest BCUT2D eigenvalue weighted by Gasteiger charge is 2.36. The Labute approximate surface area is 264 Å². The van der Waals surface area contributed by atoms with Crippen molar-refractivity contribution in [3.8, 4) is 22.8 Å². The lowest BCUT2D eigenvalue weighted by atomic mass is 9.93. The highest BCUT2D eigenvalue weighted by Crippen LogP contribution is 2.40. The molecule has 8 nitrogen and oxygen atoms in total. The maximum Gasteiger partial charge on any atom is 0.338 e. The molecular weight excluding hydrogens is 623 g/mol. The van der Waals surface area contributed by atoms with Crippen molar-refractivity contribution >= 4 is 52.3 Å². The van der Waals surface area contributed by atoms with E-state index < -0.39 is 12.0 Å². The minimum atomic E-state index is -0.850. The van der Waals surface area contributed by atoms with Gasteiger partial charge in [0.1, 0.15) is 11.5 Å². The number of carbonyl (C=O) groups excluding carboxylic acids is 1. The summed E-state index contributed by atoms with van der Waals surface area (Å²) in [5.41, 5.74) is 2.37. The molecule has 1 atom stereocenters. The molecule has 2 aliphatic heterocycles. The lowest BCUT2D eigenvalue weighted by Crippen LogP contribution is -2.40. The predicted molar refractivity (Wildman–Crippen MR) is 168 cm³/mol. The van der Waals surface area contributed by atoms with Gasteiger partial charge in [-0.15, -0.1) is 0 Å². The number of fused-ring (bicyclic) bond motifs is 2. The summed E-state index contributed by atoms with van der Waals surface area (Å²) in [4.78, 5) is 33.1. The first-order chi connectivity index (χ1) is 21.4. The van der Waals surface area contributed by atoms with E-state index in [0.29, 0.717) is 59.2 Å². The summed E-state index contributed by atoms with van der Waals surface area (Å²) in [5, 5.41) is 0.960. The van der Waals surface area contributed by atoms with Crippen molar-refractivity contribution in [2.24, 2.45) is 4.99 Å². The van der Waals surface area contributed by atoms with Crippen molar-refractivity contribution in [3.05, 3.63) is 131 Å². The van der Waals surface area contributed by atoms with Crippen LogP contribution in [0.2, 0.25) is 10.0 Å². The van der Waals surface area contributed by atoms with Gasteiger partial charge in [0.25, 0.3) is 5.56 Å². The Morgan fingerprint density at radius 2 is 1.86 bits per heavy atom. The van der Waals surface area contributed by atoms with Crippen LogP contribution in [-0.4, -0.2) is 23.9 Å². The van der Waals surface area contributed by atoms with Gasteiger partial charge in [-0.25, -0.2) is 9.79 Å². The first kappa shape index (κ1) is 28.2. The van der Waals surface area contributed by atoms with E-state index in [2.05, 4.69) is 0 Å². The van der Waals surface area contributed by atoms with Crippen LogP contribution in [0.15, 0.2) is 98.6 Å². The van der Waals surface area contributed by atoms with E-state index in [1.807, 2.05) is 36.4 Å². The van der Waals surface area contributed by atoms with E-state index in [9.17, 15) is 9.59 Å². The zero-order valence-corrected chi connectivity index (χ0v) is 25.4. The van der Waals surface area contributed by atoms with Gasteiger partial charge in [0.05, 0.1) is 33.5 Å². The summed E-state index contributed by atoms with van der Waals surface area (Å²) < 4.78 is 24.6. The van der Waals surface area contributed by atoms with Gasteiger partial charge in [-0.05, 0) is 55.0 Å². The average molecular weight is 646 g/mol. The number of aromatic nitrogens is 1. The largest absolute Gasteiger partial charge is 0.463 e. The minimum Gasteiger partial charge on any atom is -0.463 e. The van der Waals surface area contributed by atoms with Crippen LogP contribution in [0.25, 0.3) is 23.1 Å². The third-order valence-electron chi connectivity index (χ3n) is 7.18. The van der Waals surface area contributed by atoms with Crippen molar-refractivity contribution in [1.82, 2.24) is 4.57 Å². The molecule has 220 valence electrons. The topological polar surface area (TPSA) is 92.3 Å². The summed E-state index contributed by atoms with van der Waals surface area (Å²) in [5.74, 6) is 1.52. The summed E-state index contributed by atoms with van der Waals surface area (Å²) in [7, 11) is 0. The number of halogens is 2. The van der Waals surface area contributed by atoms with Crippen molar-refractivity contribution in [3.63, 3.8) is 0 Å².